The van der Waals surface area contributed by atoms with Crippen LogP contribution in [0.3, 0.4) is 0 Å². The van der Waals surface area contributed by atoms with Gasteiger partial charge in [0.1, 0.15) is 5.78 Å². The molecule has 1 atom stereocenters. The molecule has 0 saturated heterocycles. The van der Waals surface area contributed by atoms with Gasteiger partial charge in [0.2, 0.25) is 0 Å². The van der Waals surface area contributed by atoms with E-state index in [1.165, 1.54) is 12.8 Å². The minimum absolute atomic E-state index is 0.00174. The molecule has 13 heavy (non-hydrogen) atoms. The predicted octanol–water partition coefficient (Wildman–Crippen LogP) is 3.57. The molecule has 0 N–H and O–H groups in total. The Morgan fingerprint density at radius 3 is 2.15 bits per heavy atom. The summed E-state index contributed by atoms with van der Waals surface area (Å²) in [5.74, 6) is 0.484. The number of carbonyl (C=O) groups excluding carboxylic acids is 1. The lowest BCUT2D eigenvalue weighted by Crippen LogP contribution is -2.39. The van der Waals surface area contributed by atoms with Crippen LogP contribution >= 0.6 is 0 Å². The standard InChI is InChI=1S/C12H22O/c1-5-10(13)12(6-2)9-7-8-11(12,3)4/h5-9H2,1-4H3. The van der Waals surface area contributed by atoms with E-state index < -0.39 is 0 Å². The highest BCUT2D eigenvalue weighted by Crippen LogP contribution is 2.55. The maximum absolute atomic E-state index is 12.0. The molecule has 0 amide bonds. The highest BCUT2D eigenvalue weighted by atomic mass is 16.1. The van der Waals surface area contributed by atoms with Crippen LogP contribution in [0.5, 0.6) is 0 Å². The zero-order valence-corrected chi connectivity index (χ0v) is 9.44. The second kappa shape index (κ2) is 3.43. The van der Waals surface area contributed by atoms with E-state index in [-0.39, 0.29) is 10.8 Å². The molecule has 1 heteroatoms. The summed E-state index contributed by atoms with van der Waals surface area (Å²) in [4.78, 5) is 12.0. The number of rotatable bonds is 3. The van der Waals surface area contributed by atoms with Gasteiger partial charge in [0, 0.05) is 11.8 Å². The van der Waals surface area contributed by atoms with Crippen molar-refractivity contribution in [1.29, 1.82) is 0 Å². The molecule has 0 spiro atoms. The predicted molar refractivity (Wildman–Crippen MR) is 55.7 cm³/mol. The van der Waals surface area contributed by atoms with Gasteiger partial charge in [0.15, 0.2) is 0 Å². The van der Waals surface area contributed by atoms with Crippen LogP contribution in [0.1, 0.15) is 59.8 Å². The van der Waals surface area contributed by atoms with Crippen molar-refractivity contribution in [3.63, 3.8) is 0 Å². The molecule has 1 aliphatic rings. The molecule has 0 aromatic heterocycles. The van der Waals surface area contributed by atoms with E-state index in [0.717, 1.165) is 12.8 Å². The van der Waals surface area contributed by atoms with Crippen molar-refractivity contribution in [2.24, 2.45) is 10.8 Å². The summed E-state index contributed by atoms with van der Waals surface area (Å²) < 4.78 is 0. The molecule has 1 fully saturated rings. The lowest BCUT2D eigenvalue weighted by Gasteiger charge is -2.39. The molecule has 1 aliphatic carbocycles. The van der Waals surface area contributed by atoms with E-state index in [9.17, 15) is 4.79 Å². The summed E-state index contributed by atoms with van der Waals surface area (Å²) in [5, 5.41) is 0. The molecule has 1 rings (SSSR count). The van der Waals surface area contributed by atoms with Gasteiger partial charge in [-0.25, -0.2) is 0 Å². The van der Waals surface area contributed by atoms with Crippen molar-refractivity contribution >= 4 is 5.78 Å². The molecule has 1 saturated carbocycles. The highest BCUT2D eigenvalue weighted by molar-refractivity contribution is 5.85. The summed E-state index contributed by atoms with van der Waals surface area (Å²) in [6.07, 6.45) is 5.28. The molecular formula is C12H22O. The number of hydrogen-bond donors (Lipinski definition) is 0. The molecule has 0 bridgehead atoms. The molecule has 0 aliphatic heterocycles. The van der Waals surface area contributed by atoms with Crippen LogP contribution in [-0.4, -0.2) is 5.78 Å². The Bertz CT molecular complexity index is 205. The third-order valence-corrected chi connectivity index (χ3v) is 4.16. The third kappa shape index (κ3) is 1.43. The lowest BCUT2D eigenvalue weighted by atomic mass is 9.63. The van der Waals surface area contributed by atoms with Gasteiger partial charge in [-0.15, -0.1) is 0 Å². The first kappa shape index (κ1) is 10.7. The van der Waals surface area contributed by atoms with Crippen molar-refractivity contribution in [2.45, 2.75) is 59.8 Å². The zero-order chi connectivity index (χ0) is 10.1. The van der Waals surface area contributed by atoms with Crippen molar-refractivity contribution in [3.05, 3.63) is 0 Å². The normalized spacial score (nSPS) is 32.0. The average molecular weight is 182 g/mol. The lowest BCUT2D eigenvalue weighted by molar-refractivity contribution is -0.134. The Balaban J connectivity index is 2.98. The second-order valence-corrected chi connectivity index (χ2v) is 4.95. The van der Waals surface area contributed by atoms with Gasteiger partial charge in [-0.3, -0.25) is 4.79 Å². The molecule has 0 aromatic rings. The van der Waals surface area contributed by atoms with Gasteiger partial charge in [0.25, 0.3) is 0 Å². The zero-order valence-electron chi connectivity index (χ0n) is 9.44. The Morgan fingerprint density at radius 1 is 1.23 bits per heavy atom. The topological polar surface area (TPSA) is 17.1 Å². The minimum atomic E-state index is 0.00174. The van der Waals surface area contributed by atoms with Gasteiger partial charge >= 0.3 is 0 Å². The molecule has 0 heterocycles. The smallest absolute Gasteiger partial charge is 0.139 e. The van der Waals surface area contributed by atoms with Crippen LogP contribution in [0.25, 0.3) is 0 Å². The first-order valence-electron chi connectivity index (χ1n) is 5.53. The second-order valence-electron chi connectivity index (χ2n) is 4.95. The van der Waals surface area contributed by atoms with Crippen molar-refractivity contribution < 1.29 is 4.79 Å². The van der Waals surface area contributed by atoms with Gasteiger partial charge in [-0.2, -0.15) is 0 Å². The Morgan fingerprint density at radius 2 is 1.85 bits per heavy atom. The third-order valence-electron chi connectivity index (χ3n) is 4.16. The van der Waals surface area contributed by atoms with Gasteiger partial charge in [-0.1, -0.05) is 34.1 Å². The van der Waals surface area contributed by atoms with Gasteiger partial charge in [0.05, 0.1) is 0 Å². The largest absolute Gasteiger partial charge is 0.299 e. The summed E-state index contributed by atoms with van der Waals surface area (Å²) in [5.41, 5.74) is 0.233. The van der Waals surface area contributed by atoms with Crippen molar-refractivity contribution in [1.82, 2.24) is 0 Å². The van der Waals surface area contributed by atoms with Gasteiger partial charge < -0.3 is 0 Å². The van der Waals surface area contributed by atoms with E-state index in [2.05, 4.69) is 20.8 Å². The monoisotopic (exact) mass is 182 g/mol. The maximum Gasteiger partial charge on any atom is 0.139 e. The first-order chi connectivity index (χ1) is 6.00. The first-order valence-corrected chi connectivity index (χ1v) is 5.53. The fraction of sp³-hybridized carbons (Fsp3) is 0.917. The van der Waals surface area contributed by atoms with Crippen molar-refractivity contribution in [2.75, 3.05) is 0 Å². The Kier molecular flexibility index (Phi) is 2.84. The van der Waals surface area contributed by atoms with Crippen LogP contribution in [-0.2, 0) is 4.79 Å². The fourth-order valence-corrected chi connectivity index (χ4v) is 3.12. The number of Topliss-reactive ketones (excluding diaryl/α,β-unsaturated/α-hetero) is 1. The molecule has 0 radical (unpaired) electrons. The van der Waals surface area contributed by atoms with E-state index in [4.69, 9.17) is 0 Å². The van der Waals surface area contributed by atoms with Crippen LogP contribution in [0.15, 0.2) is 0 Å². The Labute approximate surface area is 81.9 Å². The van der Waals surface area contributed by atoms with Crippen LogP contribution in [0, 0.1) is 10.8 Å². The van der Waals surface area contributed by atoms with Crippen molar-refractivity contribution in [3.8, 4) is 0 Å². The van der Waals surface area contributed by atoms with E-state index >= 15 is 0 Å². The van der Waals surface area contributed by atoms with Gasteiger partial charge in [-0.05, 0) is 24.7 Å². The highest BCUT2D eigenvalue weighted by Gasteiger charge is 2.51. The SMILES string of the molecule is CCC(=O)C1(CC)CCCC1(C)C. The summed E-state index contributed by atoms with van der Waals surface area (Å²) in [7, 11) is 0. The van der Waals surface area contributed by atoms with Crippen LogP contribution < -0.4 is 0 Å². The summed E-state index contributed by atoms with van der Waals surface area (Å²) in [6.45, 7) is 8.68. The van der Waals surface area contributed by atoms with Crippen LogP contribution in [0.2, 0.25) is 0 Å². The summed E-state index contributed by atoms with van der Waals surface area (Å²) in [6, 6.07) is 0. The van der Waals surface area contributed by atoms with E-state index in [0.29, 0.717) is 12.2 Å². The number of hydrogen-bond acceptors (Lipinski definition) is 1. The molecule has 1 unspecified atom stereocenters. The Hall–Kier alpha value is -0.330. The number of ketones is 1. The summed E-state index contributed by atoms with van der Waals surface area (Å²) >= 11 is 0. The number of carbonyl (C=O) groups is 1. The molecule has 1 nitrogen and oxygen atoms in total. The van der Waals surface area contributed by atoms with E-state index in [1.807, 2.05) is 6.92 Å². The quantitative estimate of drug-likeness (QED) is 0.652. The molecule has 76 valence electrons. The maximum atomic E-state index is 12.0. The minimum Gasteiger partial charge on any atom is -0.299 e. The average Bonchev–Trinajstić information content (AvgIpc) is 2.40. The molecule has 0 aromatic carbocycles. The fourth-order valence-electron chi connectivity index (χ4n) is 3.12. The van der Waals surface area contributed by atoms with Crippen LogP contribution in [0.4, 0.5) is 0 Å². The molecular weight excluding hydrogens is 160 g/mol. The van der Waals surface area contributed by atoms with E-state index in [1.54, 1.807) is 0 Å².